The average molecular weight is 403 g/mol. The molecule has 0 radical (unpaired) electrons. The lowest BCUT2D eigenvalue weighted by molar-refractivity contribution is -0.132. The summed E-state index contributed by atoms with van der Waals surface area (Å²) in [6.45, 7) is 1.86. The van der Waals surface area contributed by atoms with Gasteiger partial charge in [0, 0.05) is 32.0 Å². The van der Waals surface area contributed by atoms with E-state index < -0.39 is 12.1 Å². The first-order valence-electron chi connectivity index (χ1n) is 10.2. The highest BCUT2D eigenvalue weighted by Gasteiger charge is 2.23. The summed E-state index contributed by atoms with van der Waals surface area (Å²) in [5.41, 5.74) is 4.30. The molecule has 1 amide bonds. The minimum atomic E-state index is -0.595. The van der Waals surface area contributed by atoms with Crippen LogP contribution in [0.3, 0.4) is 0 Å². The van der Waals surface area contributed by atoms with E-state index in [0.717, 1.165) is 40.6 Å². The Bertz CT molecular complexity index is 1060. The largest absolute Gasteiger partial charge is 0.367 e. The van der Waals surface area contributed by atoms with E-state index in [4.69, 9.17) is 4.74 Å². The van der Waals surface area contributed by atoms with Gasteiger partial charge in [0.05, 0.1) is 17.8 Å². The smallest absolute Gasteiger partial charge is 0.251 e. The van der Waals surface area contributed by atoms with E-state index in [2.05, 4.69) is 40.0 Å². The lowest BCUT2D eigenvalue weighted by atomic mass is 10.00. The molecule has 2 atom stereocenters. The van der Waals surface area contributed by atoms with Crippen molar-refractivity contribution in [3.63, 3.8) is 0 Å². The van der Waals surface area contributed by atoms with E-state index in [-0.39, 0.29) is 5.91 Å². The number of hydrogen-bond donors (Lipinski definition) is 2. The molecule has 7 nitrogen and oxygen atoms in total. The van der Waals surface area contributed by atoms with Crippen molar-refractivity contribution in [3.8, 4) is 17.2 Å². The van der Waals surface area contributed by atoms with E-state index in [1.165, 1.54) is 0 Å². The summed E-state index contributed by atoms with van der Waals surface area (Å²) in [5.74, 6) is -0.239. The van der Waals surface area contributed by atoms with Crippen molar-refractivity contribution in [2.75, 3.05) is 19.7 Å². The first-order chi connectivity index (χ1) is 14.6. The maximum absolute atomic E-state index is 12.4. The van der Waals surface area contributed by atoms with Crippen molar-refractivity contribution in [2.24, 2.45) is 7.05 Å². The zero-order valence-corrected chi connectivity index (χ0v) is 17.0. The Hall–Kier alpha value is -3.21. The molecule has 0 spiro atoms. The molecule has 2 heterocycles. The predicted octanol–water partition coefficient (Wildman–Crippen LogP) is 2.17. The monoisotopic (exact) mass is 403 g/mol. The summed E-state index contributed by atoms with van der Waals surface area (Å²) in [6.07, 6.45) is 2.64. The van der Waals surface area contributed by atoms with Crippen molar-refractivity contribution < 1.29 is 9.53 Å². The van der Waals surface area contributed by atoms with Gasteiger partial charge in [-0.3, -0.25) is 9.48 Å². The first kappa shape index (κ1) is 20.1. The maximum atomic E-state index is 12.4. The number of nitrogens with one attached hydrogen (secondary N) is 2. The van der Waals surface area contributed by atoms with E-state index >= 15 is 0 Å². The second-order valence-electron chi connectivity index (χ2n) is 7.55. The van der Waals surface area contributed by atoms with Crippen molar-refractivity contribution in [3.05, 3.63) is 54.2 Å². The molecular formula is C23H25N5O2. The Kier molecular flexibility index (Phi) is 6.07. The number of carbonyl (C=O) groups is 1. The molecule has 1 aliphatic heterocycles. The van der Waals surface area contributed by atoms with Crippen LogP contribution in [0.2, 0.25) is 0 Å². The Labute approximate surface area is 175 Å². The molecule has 0 unspecified atom stereocenters. The third-order valence-electron chi connectivity index (χ3n) is 5.38. The Morgan fingerprint density at radius 2 is 2.13 bits per heavy atom. The summed E-state index contributed by atoms with van der Waals surface area (Å²) in [5, 5.41) is 20.9. The molecular weight excluding hydrogens is 378 g/mol. The van der Waals surface area contributed by atoms with E-state index in [9.17, 15) is 10.1 Å². The normalized spacial score (nSPS) is 17.8. The Morgan fingerprint density at radius 1 is 1.33 bits per heavy atom. The molecule has 1 aliphatic rings. The summed E-state index contributed by atoms with van der Waals surface area (Å²) < 4.78 is 7.42. The predicted molar refractivity (Wildman–Crippen MR) is 115 cm³/mol. The number of aryl methyl sites for hydroxylation is 1. The molecule has 7 heteroatoms. The summed E-state index contributed by atoms with van der Waals surface area (Å²) in [6, 6.07) is 16.0. The molecule has 2 N–H and O–H groups in total. The van der Waals surface area contributed by atoms with Crippen LogP contribution < -0.4 is 10.6 Å². The molecule has 0 bridgehead atoms. The van der Waals surface area contributed by atoms with Gasteiger partial charge < -0.3 is 15.4 Å². The van der Waals surface area contributed by atoms with Gasteiger partial charge in [0.2, 0.25) is 0 Å². The number of benzene rings is 2. The van der Waals surface area contributed by atoms with Crippen LogP contribution in [0, 0.1) is 11.3 Å². The molecule has 30 heavy (non-hydrogen) atoms. The zero-order chi connectivity index (χ0) is 20.9. The second-order valence-corrected chi connectivity index (χ2v) is 7.55. The van der Waals surface area contributed by atoms with Gasteiger partial charge in [-0.1, -0.05) is 30.3 Å². The number of aromatic nitrogens is 2. The highest BCUT2D eigenvalue weighted by atomic mass is 16.5. The zero-order valence-electron chi connectivity index (χ0n) is 17.0. The Balaban J connectivity index is 1.41. The quantitative estimate of drug-likeness (QED) is 0.681. The lowest BCUT2D eigenvalue weighted by Crippen LogP contribution is -2.46. The first-order valence-corrected chi connectivity index (χ1v) is 10.2. The van der Waals surface area contributed by atoms with Crippen LogP contribution in [0.5, 0.6) is 0 Å². The molecule has 1 aromatic heterocycles. The molecule has 2 aromatic carbocycles. The van der Waals surface area contributed by atoms with Crippen LogP contribution in [-0.4, -0.2) is 47.5 Å². The molecule has 1 fully saturated rings. The van der Waals surface area contributed by atoms with E-state index in [1.54, 1.807) is 0 Å². The number of rotatable bonds is 5. The number of fused-ring (bicyclic) bond motifs is 1. The molecule has 1 saturated heterocycles. The van der Waals surface area contributed by atoms with Gasteiger partial charge in [-0.25, -0.2) is 0 Å². The number of nitrogens with zero attached hydrogens (tertiary/aromatic N) is 3. The van der Waals surface area contributed by atoms with Gasteiger partial charge in [0.1, 0.15) is 12.1 Å². The van der Waals surface area contributed by atoms with Crippen molar-refractivity contribution in [1.29, 1.82) is 5.26 Å². The van der Waals surface area contributed by atoms with Crippen LogP contribution in [0.4, 0.5) is 0 Å². The van der Waals surface area contributed by atoms with Gasteiger partial charge in [-0.05, 0) is 41.8 Å². The fraction of sp³-hybridized carbons (Fsp3) is 0.348. The van der Waals surface area contributed by atoms with Crippen molar-refractivity contribution >= 4 is 16.8 Å². The topological polar surface area (TPSA) is 92.0 Å². The van der Waals surface area contributed by atoms with E-state index in [1.807, 2.05) is 42.2 Å². The highest BCUT2D eigenvalue weighted by molar-refractivity contribution is 5.84. The fourth-order valence-electron chi connectivity index (χ4n) is 3.69. The van der Waals surface area contributed by atoms with Crippen LogP contribution in [0.1, 0.15) is 12.0 Å². The van der Waals surface area contributed by atoms with Gasteiger partial charge >= 0.3 is 0 Å². The van der Waals surface area contributed by atoms with Gasteiger partial charge in [-0.15, -0.1) is 0 Å². The number of hydrogen-bond acceptors (Lipinski definition) is 5. The molecule has 0 aliphatic carbocycles. The van der Waals surface area contributed by atoms with Crippen LogP contribution in [-0.2, 0) is 23.0 Å². The standard InChI is InChI=1S/C23H25N5O2/c1-28-21-8-7-18(12-19(21)14-26-28)17-5-3-16(4-6-17)11-20(13-24)27-23(29)22-15-25-9-2-10-30-22/h3-8,12,14,20,22,25H,2,9-11,15H2,1H3,(H,27,29)/t20-,22+/m1/s1. The highest BCUT2D eigenvalue weighted by Crippen LogP contribution is 2.24. The maximum Gasteiger partial charge on any atom is 0.251 e. The van der Waals surface area contributed by atoms with Gasteiger partial charge in [0.15, 0.2) is 0 Å². The van der Waals surface area contributed by atoms with Gasteiger partial charge in [0.25, 0.3) is 5.91 Å². The molecule has 4 rings (SSSR count). The van der Waals surface area contributed by atoms with Crippen molar-refractivity contribution in [2.45, 2.75) is 25.0 Å². The number of amides is 1. The average Bonchev–Trinajstić information content (AvgIpc) is 2.96. The number of ether oxygens (including phenoxy) is 1. The lowest BCUT2D eigenvalue weighted by Gasteiger charge is -2.18. The number of carbonyl (C=O) groups excluding carboxylic acids is 1. The van der Waals surface area contributed by atoms with Crippen LogP contribution >= 0.6 is 0 Å². The molecule has 154 valence electrons. The third-order valence-corrected chi connectivity index (χ3v) is 5.38. The van der Waals surface area contributed by atoms with Crippen LogP contribution in [0.25, 0.3) is 22.0 Å². The molecule has 0 saturated carbocycles. The van der Waals surface area contributed by atoms with Crippen molar-refractivity contribution in [1.82, 2.24) is 20.4 Å². The van der Waals surface area contributed by atoms with Crippen LogP contribution in [0.15, 0.2) is 48.7 Å². The minimum Gasteiger partial charge on any atom is -0.367 e. The second kappa shape index (κ2) is 9.08. The van der Waals surface area contributed by atoms with Gasteiger partial charge in [-0.2, -0.15) is 10.4 Å². The molecule has 3 aromatic rings. The minimum absolute atomic E-state index is 0.239. The summed E-state index contributed by atoms with van der Waals surface area (Å²) >= 11 is 0. The Morgan fingerprint density at radius 3 is 2.93 bits per heavy atom. The third kappa shape index (κ3) is 4.51. The summed E-state index contributed by atoms with van der Waals surface area (Å²) in [4.78, 5) is 12.4. The summed E-state index contributed by atoms with van der Waals surface area (Å²) in [7, 11) is 1.93. The van der Waals surface area contributed by atoms with E-state index in [0.29, 0.717) is 19.6 Å². The SMILES string of the molecule is Cn1ncc2cc(-c3ccc(C[C@H](C#N)NC(=O)[C@@H]4CNCCCO4)cc3)ccc21. The fourth-order valence-corrected chi connectivity index (χ4v) is 3.69. The number of nitriles is 1.